The van der Waals surface area contributed by atoms with Gasteiger partial charge in [-0.1, -0.05) is 23.7 Å². The van der Waals surface area contributed by atoms with Gasteiger partial charge in [0.25, 0.3) is 0 Å². The molecule has 3 N–H and O–H groups in total. The summed E-state index contributed by atoms with van der Waals surface area (Å²) in [5.41, 5.74) is 2.27. The largest absolute Gasteiger partial charge is 0.271 e. The zero-order chi connectivity index (χ0) is 15.6. The van der Waals surface area contributed by atoms with Gasteiger partial charge in [0.15, 0.2) is 0 Å². The number of benzene rings is 2. The molecule has 1 unspecified atom stereocenters. The van der Waals surface area contributed by atoms with E-state index < -0.39 is 23.5 Å². The van der Waals surface area contributed by atoms with E-state index in [1.807, 2.05) is 0 Å². The smallest absolute Gasteiger partial charge is 0.145 e. The van der Waals surface area contributed by atoms with Gasteiger partial charge in [0, 0.05) is 5.56 Å². The summed E-state index contributed by atoms with van der Waals surface area (Å²) in [4.78, 5) is 0. The number of nitrogens with two attached hydrogens (primary N) is 1. The Hall–Kier alpha value is -1.08. The van der Waals surface area contributed by atoms with Crippen LogP contribution < -0.4 is 11.3 Å². The molecular formula is C14H11BrClF3N2. The van der Waals surface area contributed by atoms with Crippen LogP contribution in [0, 0.1) is 17.5 Å². The van der Waals surface area contributed by atoms with Crippen LogP contribution in [0.1, 0.15) is 17.2 Å². The molecule has 0 spiro atoms. The molecule has 7 heteroatoms. The van der Waals surface area contributed by atoms with E-state index in [2.05, 4.69) is 21.4 Å². The molecule has 2 nitrogen and oxygen atoms in total. The standard InChI is InChI=1S/C14H11BrClF3N2/c15-8-4-5-10(17)12(14(8)19)11(21-20)6-7-2-1-3-9(16)13(7)18/h1-5,11,21H,6,20H2. The Morgan fingerprint density at radius 2 is 1.86 bits per heavy atom. The highest BCUT2D eigenvalue weighted by atomic mass is 79.9. The minimum Gasteiger partial charge on any atom is -0.271 e. The molecule has 0 saturated carbocycles. The molecule has 112 valence electrons. The summed E-state index contributed by atoms with van der Waals surface area (Å²) in [6.07, 6.45) is -0.0484. The van der Waals surface area contributed by atoms with Gasteiger partial charge in [0.2, 0.25) is 0 Å². The molecule has 0 heterocycles. The van der Waals surface area contributed by atoms with E-state index in [1.165, 1.54) is 18.2 Å². The van der Waals surface area contributed by atoms with Gasteiger partial charge in [-0.25, -0.2) is 13.2 Å². The number of hydrazine groups is 1. The minimum atomic E-state index is -0.935. The van der Waals surface area contributed by atoms with Crippen molar-refractivity contribution in [3.05, 3.63) is 68.4 Å². The molecule has 0 bridgehead atoms. The molecule has 0 saturated heterocycles. The van der Waals surface area contributed by atoms with Gasteiger partial charge in [-0.2, -0.15) is 0 Å². The van der Waals surface area contributed by atoms with Gasteiger partial charge in [-0.3, -0.25) is 11.3 Å². The SMILES string of the molecule is NNC(Cc1cccc(Cl)c1F)c1c(F)ccc(Br)c1F. The normalized spacial score (nSPS) is 12.5. The molecule has 2 aromatic carbocycles. The number of rotatable bonds is 4. The summed E-state index contributed by atoms with van der Waals surface area (Å²) in [5, 5.41) is -0.0570. The molecule has 0 amide bonds. The first-order chi connectivity index (χ1) is 9.95. The van der Waals surface area contributed by atoms with Crippen LogP contribution in [0.3, 0.4) is 0 Å². The molecule has 0 aliphatic carbocycles. The molecule has 0 aromatic heterocycles. The van der Waals surface area contributed by atoms with Gasteiger partial charge >= 0.3 is 0 Å². The fourth-order valence-corrected chi connectivity index (χ4v) is 2.57. The number of halogens is 5. The van der Waals surface area contributed by atoms with Crippen LogP contribution in [0.25, 0.3) is 0 Å². The first kappa shape index (κ1) is 16.3. The maximum atomic E-state index is 14.1. The van der Waals surface area contributed by atoms with Crippen molar-refractivity contribution in [2.75, 3.05) is 0 Å². The van der Waals surface area contributed by atoms with Crippen molar-refractivity contribution in [2.45, 2.75) is 12.5 Å². The molecular weight excluding hydrogens is 369 g/mol. The third-order valence-corrected chi connectivity index (χ3v) is 3.99. The molecule has 0 radical (unpaired) electrons. The quantitative estimate of drug-likeness (QED) is 0.473. The first-order valence-corrected chi connectivity index (χ1v) is 7.15. The van der Waals surface area contributed by atoms with Crippen LogP contribution in [0.4, 0.5) is 13.2 Å². The lowest BCUT2D eigenvalue weighted by molar-refractivity contribution is 0.464. The van der Waals surface area contributed by atoms with Crippen LogP contribution >= 0.6 is 27.5 Å². The Balaban J connectivity index is 2.42. The lowest BCUT2D eigenvalue weighted by Gasteiger charge is -2.19. The summed E-state index contributed by atoms with van der Waals surface area (Å²) in [5.74, 6) is 3.20. The maximum Gasteiger partial charge on any atom is 0.145 e. The van der Waals surface area contributed by atoms with Gasteiger partial charge in [-0.05, 0) is 46.1 Å². The van der Waals surface area contributed by atoms with Crippen molar-refractivity contribution in [1.29, 1.82) is 0 Å². The van der Waals surface area contributed by atoms with E-state index in [0.29, 0.717) is 0 Å². The van der Waals surface area contributed by atoms with E-state index in [4.69, 9.17) is 17.4 Å². The van der Waals surface area contributed by atoms with Crippen LogP contribution in [-0.4, -0.2) is 0 Å². The van der Waals surface area contributed by atoms with Gasteiger partial charge in [0.1, 0.15) is 17.5 Å². The fourth-order valence-electron chi connectivity index (χ4n) is 2.03. The number of nitrogens with one attached hydrogen (secondary N) is 1. The van der Waals surface area contributed by atoms with Crippen LogP contribution in [0.5, 0.6) is 0 Å². The number of hydrogen-bond acceptors (Lipinski definition) is 2. The maximum absolute atomic E-state index is 14.1. The topological polar surface area (TPSA) is 38.0 Å². The van der Waals surface area contributed by atoms with Gasteiger partial charge in [0.05, 0.1) is 15.5 Å². The zero-order valence-corrected chi connectivity index (χ0v) is 13.0. The van der Waals surface area contributed by atoms with Crippen molar-refractivity contribution >= 4 is 27.5 Å². The summed E-state index contributed by atoms with van der Waals surface area (Å²) >= 11 is 8.68. The van der Waals surface area contributed by atoms with E-state index >= 15 is 0 Å². The van der Waals surface area contributed by atoms with Crippen molar-refractivity contribution in [3.8, 4) is 0 Å². The summed E-state index contributed by atoms with van der Waals surface area (Å²) in [6, 6.07) is 5.87. The van der Waals surface area contributed by atoms with Crippen molar-refractivity contribution in [3.63, 3.8) is 0 Å². The Kier molecular flexibility index (Phi) is 5.27. The molecule has 21 heavy (non-hydrogen) atoms. The third kappa shape index (κ3) is 3.40. The second-order valence-electron chi connectivity index (χ2n) is 4.39. The molecule has 0 aliphatic rings. The average molecular weight is 380 g/mol. The minimum absolute atomic E-state index is 0.0484. The van der Waals surface area contributed by atoms with Crippen molar-refractivity contribution in [1.82, 2.24) is 5.43 Å². The monoisotopic (exact) mass is 378 g/mol. The summed E-state index contributed by atoms with van der Waals surface area (Å²) in [6.45, 7) is 0. The number of hydrogen-bond donors (Lipinski definition) is 2. The summed E-state index contributed by atoms with van der Waals surface area (Å²) < 4.78 is 42.0. The first-order valence-electron chi connectivity index (χ1n) is 5.98. The lowest BCUT2D eigenvalue weighted by atomic mass is 9.98. The zero-order valence-electron chi connectivity index (χ0n) is 10.6. The highest BCUT2D eigenvalue weighted by Crippen LogP contribution is 2.30. The Morgan fingerprint density at radius 3 is 2.52 bits per heavy atom. The van der Waals surface area contributed by atoms with Crippen molar-refractivity contribution in [2.24, 2.45) is 5.84 Å². The second kappa shape index (κ2) is 6.79. The molecule has 2 rings (SSSR count). The van der Waals surface area contributed by atoms with E-state index in [0.717, 1.165) is 6.07 Å². The highest BCUT2D eigenvalue weighted by Gasteiger charge is 2.23. The second-order valence-corrected chi connectivity index (χ2v) is 5.65. The Morgan fingerprint density at radius 1 is 1.14 bits per heavy atom. The Labute approximate surface area is 133 Å². The Bertz CT molecular complexity index is 667. The molecule has 2 aromatic rings. The van der Waals surface area contributed by atoms with Crippen molar-refractivity contribution < 1.29 is 13.2 Å². The van der Waals surface area contributed by atoms with E-state index in [1.54, 1.807) is 6.07 Å². The molecule has 0 fully saturated rings. The van der Waals surface area contributed by atoms with Crippen LogP contribution in [0.2, 0.25) is 5.02 Å². The van der Waals surface area contributed by atoms with Crippen LogP contribution in [0.15, 0.2) is 34.8 Å². The van der Waals surface area contributed by atoms with E-state index in [9.17, 15) is 13.2 Å². The average Bonchev–Trinajstić information content (AvgIpc) is 2.46. The van der Waals surface area contributed by atoms with Gasteiger partial charge < -0.3 is 0 Å². The van der Waals surface area contributed by atoms with Gasteiger partial charge in [-0.15, -0.1) is 0 Å². The predicted octanol–water partition coefficient (Wildman–Crippen LogP) is 4.27. The van der Waals surface area contributed by atoms with Crippen LogP contribution in [-0.2, 0) is 6.42 Å². The lowest BCUT2D eigenvalue weighted by Crippen LogP contribution is -2.31. The predicted molar refractivity (Wildman–Crippen MR) is 79.2 cm³/mol. The fraction of sp³-hybridized carbons (Fsp3) is 0.143. The highest BCUT2D eigenvalue weighted by molar-refractivity contribution is 9.10. The summed E-state index contributed by atoms with van der Waals surface area (Å²) in [7, 11) is 0. The third-order valence-electron chi connectivity index (χ3n) is 3.08. The molecule has 0 aliphatic heterocycles. The van der Waals surface area contributed by atoms with E-state index in [-0.39, 0.29) is 27.0 Å². The molecule has 1 atom stereocenters.